The summed E-state index contributed by atoms with van der Waals surface area (Å²) in [6.45, 7) is 8.00. The third-order valence-corrected chi connectivity index (χ3v) is 9.53. The SMILES string of the molecule is CCCCCCC(=O)OC1CC(C)(CCOc2ccc(Cc3sc(=O)[nH]c3O)cc2)Oc2cc(C)c(OC(=O)c3cccc(F)c3)c(C)c21. The molecule has 0 bridgehead atoms. The van der Waals surface area contributed by atoms with E-state index in [4.69, 9.17) is 18.9 Å². The Hall–Kier alpha value is -4.64. The van der Waals surface area contributed by atoms with Gasteiger partial charge in [0.05, 0.1) is 17.0 Å². The van der Waals surface area contributed by atoms with E-state index >= 15 is 0 Å². The van der Waals surface area contributed by atoms with Crippen LogP contribution >= 0.6 is 11.3 Å². The fraction of sp³-hybridized carbons (Fsp3) is 0.395. The van der Waals surface area contributed by atoms with Gasteiger partial charge < -0.3 is 24.1 Å². The molecule has 1 aliphatic heterocycles. The van der Waals surface area contributed by atoms with Gasteiger partial charge in [-0.3, -0.25) is 14.6 Å². The van der Waals surface area contributed by atoms with Gasteiger partial charge in [-0.1, -0.05) is 55.7 Å². The Bertz CT molecular complexity index is 1850. The van der Waals surface area contributed by atoms with E-state index in [0.29, 0.717) is 71.1 Å². The van der Waals surface area contributed by atoms with Crippen LogP contribution in [0.25, 0.3) is 0 Å². The number of H-pyrrole nitrogens is 1. The van der Waals surface area contributed by atoms with E-state index in [9.17, 15) is 23.9 Å². The molecule has 1 aliphatic rings. The van der Waals surface area contributed by atoms with Crippen molar-refractivity contribution in [2.45, 2.75) is 90.8 Å². The number of thiazole rings is 1. The second-order valence-electron chi connectivity index (χ2n) is 12.7. The van der Waals surface area contributed by atoms with Gasteiger partial charge in [-0.05, 0) is 74.7 Å². The number of hydrogen-bond donors (Lipinski definition) is 2. The Morgan fingerprint density at radius 1 is 1.10 bits per heavy atom. The van der Waals surface area contributed by atoms with Gasteiger partial charge in [0.25, 0.3) is 0 Å². The Labute approximate surface area is 289 Å². The lowest BCUT2D eigenvalue weighted by atomic mass is 9.85. The molecule has 260 valence electrons. The molecule has 3 aromatic carbocycles. The lowest BCUT2D eigenvalue weighted by molar-refractivity contribution is -0.154. The first kappa shape index (κ1) is 35.7. The van der Waals surface area contributed by atoms with Crippen LogP contribution in [0.1, 0.15) is 102 Å². The predicted molar refractivity (Wildman–Crippen MR) is 184 cm³/mol. The molecule has 2 atom stereocenters. The number of ether oxygens (including phenoxy) is 4. The molecular formula is C38H42FNO8S. The minimum absolute atomic E-state index is 0.0864. The molecule has 2 N–H and O–H groups in total. The highest BCUT2D eigenvalue weighted by atomic mass is 32.1. The maximum atomic E-state index is 13.8. The minimum atomic E-state index is -0.748. The number of unbranched alkanes of at least 4 members (excludes halogenated alkanes) is 3. The Balaban J connectivity index is 1.31. The molecule has 0 amide bonds. The molecular weight excluding hydrogens is 649 g/mol. The van der Waals surface area contributed by atoms with Crippen LogP contribution < -0.4 is 19.1 Å². The summed E-state index contributed by atoms with van der Waals surface area (Å²) in [5.41, 5.74) is 2.16. The Morgan fingerprint density at radius 2 is 1.88 bits per heavy atom. The van der Waals surface area contributed by atoms with Crippen LogP contribution in [0.3, 0.4) is 0 Å². The molecule has 2 heterocycles. The summed E-state index contributed by atoms with van der Waals surface area (Å²) in [7, 11) is 0. The van der Waals surface area contributed by atoms with Crippen LogP contribution in [0.4, 0.5) is 4.39 Å². The third kappa shape index (κ3) is 9.08. The number of aryl methyl sites for hydroxylation is 1. The first-order valence-corrected chi connectivity index (χ1v) is 17.4. The number of halogens is 1. The second kappa shape index (κ2) is 15.7. The van der Waals surface area contributed by atoms with E-state index in [1.165, 1.54) is 18.2 Å². The molecule has 9 nitrogen and oxygen atoms in total. The van der Waals surface area contributed by atoms with E-state index in [-0.39, 0.29) is 22.3 Å². The van der Waals surface area contributed by atoms with Crippen LogP contribution in [0, 0.1) is 19.7 Å². The van der Waals surface area contributed by atoms with E-state index < -0.39 is 23.5 Å². The van der Waals surface area contributed by atoms with Gasteiger partial charge in [-0.2, -0.15) is 0 Å². The number of nitrogens with one attached hydrogen (secondary N) is 1. The molecule has 5 rings (SSSR count). The van der Waals surface area contributed by atoms with Crippen molar-refractivity contribution in [1.29, 1.82) is 0 Å². The molecule has 11 heteroatoms. The molecule has 0 spiro atoms. The smallest absolute Gasteiger partial charge is 0.343 e. The summed E-state index contributed by atoms with van der Waals surface area (Å²) in [4.78, 5) is 40.2. The molecule has 0 radical (unpaired) electrons. The number of esters is 2. The van der Waals surface area contributed by atoms with E-state index in [2.05, 4.69) is 11.9 Å². The van der Waals surface area contributed by atoms with Gasteiger partial charge in [0.1, 0.15) is 34.8 Å². The number of rotatable bonds is 14. The minimum Gasteiger partial charge on any atom is -0.494 e. The number of hydrogen-bond acceptors (Lipinski definition) is 9. The Kier molecular flexibility index (Phi) is 11.4. The maximum Gasteiger partial charge on any atom is 0.343 e. The zero-order valence-corrected chi connectivity index (χ0v) is 29.0. The molecule has 4 aromatic rings. The maximum absolute atomic E-state index is 13.8. The standard InChI is InChI=1S/C38H42FNO8S/c1-5-6-7-8-12-32(41)46-30-22-38(4,17-18-45-28-15-13-25(14-16-28)20-31-35(42)40-37(44)49-31)48-29-19-23(2)34(24(3)33(29)30)47-36(43)26-10-9-11-27(39)21-26/h9-11,13-16,19,21,30,42H,5-8,12,17-18,20,22H2,1-4H3,(H,40,44). The van der Waals surface area contributed by atoms with Crippen molar-refractivity contribution in [2.75, 3.05) is 6.61 Å². The van der Waals surface area contributed by atoms with Crippen LogP contribution in [0.15, 0.2) is 59.4 Å². The number of aromatic nitrogens is 1. The number of benzene rings is 3. The zero-order valence-electron chi connectivity index (χ0n) is 28.2. The fourth-order valence-corrected chi connectivity index (χ4v) is 6.82. The average Bonchev–Trinajstić information content (AvgIpc) is 3.37. The van der Waals surface area contributed by atoms with Crippen molar-refractivity contribution < 1.29 is 38.0 Å². The highest BCUT2D eigenvalue weighted by Gasteiger charge is 2.41. The van der Waals surface area contributed by atoms with Gasteiger partial charge in [-0.15, -0.1) is 0 Å². The molecule has 2 unspecified atom stereocenters. The van der Waals surface area contributed by atoms with E-state index in [1.54, 1.807) is 19.9 Å². The van der Waals surface area contributed by atoms with Crippen LogP contribution in [-0.2, 0) is 16.0 Å². The fourth-order valence-electron chi connectivity index (χ4n) is 6.07. The lowest BCUT2D eigenvalue weighted by Crippen LogP contribution is -2.41. The van der Waals surface area contributed by atoms with Gasteiger partial charge in [0.2, 0.25) is 5.88 Å². The van der Waals surface area contributed by atoms with Crippen molar-refractivity contribution in [3.05, 3.63) is 103 Å². The summed E-state index contributed by atoms with van der Waals surface area (Å²) >= 11 is 0.979. The average molecular weight is 692 g/mol. The number of aromatic amines is 1. The number of carbonyl (C=O) groups is 2. The molecule has 0 saturated heterocycles. The molecule has 0 fully saturated rings. The summed E-state index contributed by atoms with van der Waals surface area (Å²) in [6.07, 6.45) is 4.70. The van der Waals surface area contributed by atoms with Crippen molar-refractivity contribution in [2.24, 2.45) is 0 Å². The summed E-state index contributed by atoms with van der Waals surface area (Å²) in [5.74, 6) is -0.129. The molecule has 49 heavy (non-hydrogen) atoms. The summed E-state index contributed by atoms with van der Waals surface area (Å²) in [5, 5.41) is 9.89. The highest BCUT2D eigenvalue weighted by Crippen LogP contribution is 2.48. The van der Waals surface area contributed by atoms with Gasteiger partial charge in [0.15, 0.2) is 0 Å². The molecule has 0 aliphatic carbocycles. The number of fused-ring (bicyclic) bond motifs is 1. The van der Waals surface area contributed by atoms with Crippen LogP contribution in [-0.4, -0.2) is 34.2 Å². The van der Waals surface area contributed by atoms with Crippen LogP contribution in [0.2, 0.25) is 0 Å². The number of aromatic hydroxyl groups is 1. The lowest BCUT2D eigenvalue weighted by Gasteiger charge is -2.40. The first-order valence-electron chi connectivity index (χ1n) is 16.6. The summed E-state index contributed by atoms with van der Waals surface area (Å²) in [6, 6.07) is 14.5. The van der Waals surface area contributed by atoms with E-state index in [0.717, 1.165) is 48.6 Å². The first-order chi connectivity index (χ1) is 23.4. The van der Waals surface area contributed by atoms with Crippen molar-refractivity contribution in [3.63, 3.8) is 0 Å². The zero-order chi connectivity index (χ0) is 35.1. The third-order valence-electron chi connectivity index (χ3n) is 8.66. The quantitative estimate of drug-likeness (QED) is 0.0770. The van der Waals surface area contributed by atoms with Crippen LogP contribution in [0.5, 0.6) is 23.1 Å². The largest absolute Gasteiger partial charge is 0.494 e. The normalized spacial score (nSPS) is 16.8. The van der Waals surface area contributed by atoms with Gasteiger partial charge >= 0.3 is 16.8 Å². The number of carbonyl (C=O) groups excluding carboxylic acids is 2. The van der Waals surface area contributed by atoms with Crippen molar-refractivity contribution >= 4 is 23.3 Å². The highest BCUT2D eigenvalue weighted by molar-refractivity contribution is 7.09. The second-order valence-corrected chi connectivity index (χ2v) is 13.8. The monoisotopic (exact) mass is 691 g/mol. The van der Waals surface area contributed by atoms with Gasteiger partial charge in [0, 0.05) is 36.8 Å². The van der Waals surface area contributed by atoms with Gasteiger partial charge in [-0.25, -0.2) is 9.18 Å². The topological polar surface area (TPSA) is 124 Å². The molecule has 0 saturated carbocycles. The van der Waals surface area contributed by atoms with E-state index in [1.807, 2.05) is 31.2 Å². The molecule has 1 aromatic heterocycles. The predicted octanol–water partition coefficient (Wildman–Crippen LogP) is 8.27. The Morgan fingerprint density at radius 3 is 2.57 bits per heavy atom. The van der Waals surface area contributed by atoms with Crippen molar-refractivity contribution in [3.8, 4) is 23.1 Å². The van der Waals surface area contributed by atoms with Crippen molar-refractivity contribution in [1.82, 2.24) is 4.98 Å². The summed E-state index contributed by atoms with van der Waals surface area (Å²) < 4.78 is 38.4.